The maximum Gasteiger partial charge on any atom is 0.337 e. The zero-order chi connectivity index (χ0) is 32.0. The Morgan fingerprint density at radius 2 is 1.87 bits per heavy atom. The first-order valence-electron chi connectivity index (χ1n) is 14.3. The molecule has 3 atom stereocenters. The molecule has 12 heteroatoms. The number of nitrogens with zero attached hydrogens (tertiary/aromatic N) is 1. The number of fused-ring (bicyclic) bond motifs is 1. The van der Waals surface area contributed by atoms with Crippen LogP contribution in [-0.2, 0) is 27.2 Å². The van der Waals surface area contributed by atoms with Crippen LogP contribution in [0.25, 0.3) is 11.1 Å². The number of benzene rings is 2. The molecule has 3 aromatic rings. The summed E-state index contributed by atoms with van der Waals surface area (Å²) in [6.07, 6.45) is 1.83. The van der Waals surface area contributed by atoms with E-state index in [4.69, 9.17) is 9.26 Å². The molecule has 45 heavy (non-hydrogen) atoms. The molecule has 1 aromatic heterocycles. The van der Waals surface area contributed by atoms with E-state index in [1.165, 1.54) is 38.4 Å². The smallest absolute Gasteiger partial charge is 0.337 e. The average Bonchev–Trinajstić information content (AvgIpc) is 3.52. The van der Waals surface area contributed by atoms with Crippen molar-refractivity contribution >= 4 is 29.1 Å². The van der Waals surface area contributed by atoms with Crippen molar-refractivity contribution in [3.05, 3.63) is 70.6 Å². The number of aromatic nitrogens is 1. The number of methoxy groups -OCH3 is 1. The van der Waals surface area contributed by atoms with Gasteiger partial charge in [0.05, 0.1) is 37.5 Å². The van der Waals surface area contributed by atoms with Gasteiger partial charge in [-0.3, -0.25) is 19.2 Å². The monoisotopic (exact) mass is 627 g/mol. The molecule has 1 aliphatic carbocycles. The molecular formula is C33H41NO11. The third kappa shape index (κ3) is 8.15. The van der Waals surface area contributed by atoms with Gasteiger partial charge in [0.2, 0.25) is 11.5 Å². The molecular weight excluding hydrogens is 586 g/mol. The highest BCUT2D eigenvalue weighted by Crippen LogP contribution is 2.41. The lowest BCUT2D eigenvalue weighted by atomic mass is 9.72. The highest BCUT2D eigenvalue weighted by Gasteiger charge is 2.35. The quantitative estimate of drug-likeness (QED) is 0.134. The van der Waals surface area contributed by atoms with Gasteiger partial charge in [0.15, 0.2) is 5.78 Å². The van der Waals surface area contributed by atoms with Crippen molar-refractivity contribution in [3.8, 4) is 16.9 Å². The van der Waals surface area contributed by atoms with Gasteiger partial charge in [-0.2, -0.15) is 0 Å². The number of rotatable bonds is 14. The Kier molecular flexibility index (Phi) is 12.0. The Bertz CT molecular complexity index is 1570. The summed E-state index contributed by atoms with van der Waals surface area (Å²) in [5, 5.41) is 34.0. The van der Waals surface area contributed by atoms with E-state index in [0.29, 0.717) is 35.1 Å². The Morgan fingerprint density at radius 1 is 1.11 bits per heavy atom. The van der Waals surface area contributed by atoms with Crippen molar-refractivity contribution in [1.82, 2.24) is 5.16 Å². The summed E-state index contributed by atoms with van der Waals surface area (Å²) in [4.78, 5) is 63.1. The minimum Gasteiger partial charge on any atom is -0.507 e. The number of ketones is 4. The van der Waals surface area contributed by atoms with Crippen LogP contribution >= 0.6 is 0 Å². The van der Waals surface area contributed by atoms with E-state index in [0.717, 1.165) is 0 Å². The third-order valence-electron chi connectivity index (χ3n) is 8.08. The summed E-state index contributed by atoms with van der Waals surface area (Å²) in [7, 11) is 1.24. The predicted octanol–water partition coefficient (Wildman–Crippen LogP) is 3.22. The molecule has 244 valence electrons. The van der Waals surface area contributed by atoms with Crippen LogP contribution in [0.5, 0.6) is 5.75 Å². The SMILES string of the molecule is COC(=O)c1cc(CC(=O)c2ccno2)cc(-c2ccc(O)c3c2CC(CC(CCO)C(CO)C(=O)CC(C)=O)CC3=O)c1.O.[HH].[HH]. The Hall–Kier alpha value is -4.52. The fraction of sp³-hybridized carbons (Fsp3) is 0.394. The molecule has 0 radical (unpaired) electrons. The summed E-state index contributed by atoms with van der Waals surface area (Å²) in [5.41, 5.74) is 2.46. The molecule has 5 N–H and O–H groups in total. The molecule has 0 fully saturated rings. The first kappa shape index (κ1) is 35.0. The van der Waals surface area contributed by atoms with E-state index in [2.05, 4.69) is 5.16 Å². The Labute approximate surface area is 262 Å². The van der Waals surface area contributed by atoms with Crippen molar-refractivity contribution in [1.29, 1.82) is 0 Å². The van der Waals surface area contributed by atoms with Crippen molar-refractivity contribution in [2.24, 2.45) is 17.8 Å². The van der Waals surface area contributed by atoms with Crippen LogP contribution in [0.4, 0.5) is 0 Å². The molecule has 1 aliphatic rings. The Morgan fingerprint density at radius 3 is 2.49 bits per heavy atom. The molecule has 4 rings (SSSR count). The van der Waals surface area contributed by atoms with Gasteiger partial charge in [-0.05, 0) is 78.5 Å². The molecule has 0 spiro atoms. The van der Waals surface area contributed by atoms with Crippen LogP contribution in [0, 0.1) is 17.8 Å². The van der Waals surface area contributed by atoms with E-state index in [9.17, 15) is 39.3 Å². The number of esters is 1. The number of ether oxygens (including phenoxy) is 1. The number of Topliss-reactive ketones (excluding diaryl/α,β-unsaturated/α-hetero) is 4. The number of aromatic hydroxyl groups is 1. The number of aliphatic hydroxyl groups is 2. The molecule has 12 nitrogen and oxygen atoms in total. The van der Waals surface area contributed by atoms with Gasteiger partial charge in [-0.25, -0.2) is 4.79 Å². The first-order chi connectivity index (χ1) is 21.1. The minimum absolute atomic E-state index is 0. The van der Waals surface area contributed by atoms with E-state index >= 15 is 0 Å². The fourth-order valence-electron chi connectivity index (χ4n) is 6.11. The summed E-state index contributed by atoms with van der Waals surface area (Å²) < 4.78 is 9.91. The van der Waals surface area contributed by atoms with Gasteiger partial charge in [-0.15, -0.1) is 0 Å². The number of phenols is 1. The van der Waals surface area contributed by atoms with Crippen LogP contribution in [0.1, 0.15) is 77.9 Å². The topological polar surface area (TPSA) is 213 Å². The van der Waals surface area contributed by atoms with Gasteiger partial charge >= 0.3 is 5.97 Å². The summed E-state index contributed by atoms with van der Waals surface area (Å²) >= 11 is 0. The number of carbonyl (C=O) groups is 5. The second kappa shape index (κ2) is 15.5. The summed E-state index contributed by atoms with van der Waals surface area (Å²) in [5.74, 6) is -3.80. The maximum atomic E-state index is 13.4. The van der Waals surface area contributed by atoms with Gasteiger partial charge in [0.25, 0.3) is 0 Å². The largest absolute Gasteiger partial charge is 0.507 e. The van der Waals surface area contributed by atoms with Gasteiger partial charge in [-0.1, -0.05) is 17.3 Å². The molecule has 0 bridgehead atoms. The number of aliphatic hydroxyl groups excluding tert-OH is 2. The standard InChI is InChI=1S/C33H35NO10.H2O.2H2/c1-18(37)9-28(39)26(17-36)21(6-8-35)10-20-13-25-24(3-4-27(38)32(25)30(41)15-20)22-11-19(12-23(16-22)33(42)43-2)14-29(40)31-5-7-34-44-31;;;/h3-5,7,11-12,16,20-21,26,35-36,38H,6,8-10,13-15,17H2,1-2H3;1H2;2*1H. The van der Waals surface area contributed by atoms with Crippen molar-refractivity contribution in [2.45, 2.75) is 45.4 Å². The van der Waals surface area contributed by atoms with Gasteiger partial charge in [0.1, 0.15) is 17.3 Å². The second-order valence-corrected chi connectivity index (χ2v) is 11.2. The lowest BCUT2D eigenvalue weighted by molar-refractivity contribution is -0.131. The van der Waals surface area contributed by atoms with Gasteiger partial charge in [0, 0.05) is 34.3 Å². The van der Waals surface area contributed by atoms with E-state index < -0.39 is 30.2 Å². The first-order valence-corrected chi connectivity index (χ1v) is 14.3. The zero-order valence-electron chi connectivity index (χ0n) is 25.1. The summed E-state index contributed by atoms with van der Waals surface area (Å²) in [6, 6.07) is 9.34. The van der Waals surface area contributed by atoms with Crippen LogP contribution in [0.15, 0.2) is 47.1 Å². The molecule has 0 amide bonds. The van der Waals surface area contributed by atoms with Crippen LogP contribution < -0.4 is 0 Å². The normalized spacial score (nSPS) is 15.4. The van der Waals surface area contributed by atoms with E-state index in [-0.39, 0.29) is 86.5 Å². The van der Waals surface area contributed by atoms with Gasteiger partial charge < -0.3 is 30.1 Å². The van der Waals surface area contributed by atoms with Crippen LogP contribution in [0.3, 0.4) is 0 Å². The zero-order valence-corrected chi connectivity index (χ0v) is 25.1. The third-order valence-corrected chi connectivity index (χ3v) is 8.08. The molecule has 1 heterocycles. The highest BCUT2D eigenvalue weighted by atomic mass is 16.5. The minimum atomic E-state index is -0.868. The average molecular weight is 628 g/mol. The number of hydrogen-bond acceptors (Lipinski definition) is 11. The van der Waals surface area contributed by atoms with E-state index in [1.54, 1.807) is 18.2 Å². The Balaban J connectivity index is 0.00000368. The summed E-state index contributed by atoms with van der Waals surface area (Å²) in [6.45, 7) is 0.562. The molecule has 3 unspecified atom stereocenters. The fourth-order valence-corrected chi connectivity index (χ4v) is 6.11. The molecule has 0 aliphatic heterocycles. The number of hydrogen-bond donors (Lipinski definition) is 3. The lowest BCUT2D eigenvalue weighted by Crippen LogP contribution is -2.32. The predicted molar refractivity (Wildman–Crippen MR) is 164 cm³/mol. The second-order valence-electron chi connectivity index (χ2n) is 11.2. The molecule has 2 aromatic carbocycles. The van der Waals surface area contributed by atoms with E-state index in [1.807, 2.05) is 0 Å². The molecule has 0 saturated heterocycles. The van der Waals surface area contributed by atoms with Crippen LogP contribution in [0.2, 0.25) is 0 Å². The van der Waals surface area contributed by atoms with Crippen molar-refractivity contribution in [3.63, 3.8) is 0 Å². The number of phenolic OH excluding ortho intramolecular Hbond substituents is 1. The van der Waals surface area contributed by atoms with Crippen molar-refractivity contribution in [2.75, 3.05) is 20.3 Å². The maximum absolute atomic E-state index is 13.4. The molecule has 0 saturated carbocycles. The number of carbonyl (C=O) groups excluding carboxylic acids is 5. The highest BCUT2D eigenvalue weighted by molar-refractivity contribution is 6.03. The lowest BCUT2D eigenvalue weighted by Gasteiger charge is -2.32. The van der Waals surface area contributed by atoms with Crippen LogP contribution in [-0.4, -0.2) is 75.4 Å². The van der Waals surface area contributed by atoms with Crippen molar-refractivity contribution < 1.29 is 56.9 Å².